The molecule has 90 valence electrons. The predicted molar refractivity (Wildman–Crippen MR) is 62.4 cm³/mol. The van der Waals surface area contributed by atoms with Gasteiger partial charge in [0.25, 0.3) is 0 Å². The van der Waals surface area contributed by atoms with Crippen molar-refractivity contribution in [1.82, 2.24) is 4.90 Å². The number of aliphatic hydroxyl groups is 1. The molecule has 4 nitrogen and oxygen atoms in total. The quantitative estimate of drug-likeness (QED) is 0.585. The second-order valence-corrected chi connectivity index (χ2v) is 4.10. The van der Waals surface area contributed by atoms with Gasteiger partial charge < -0.3 is 15.3 Å². The van der Waals surface area contributed by atoms with E-state index in [2.05, 4.69) is 0 Å². The zero-order valence-corrected chi connectivity index (χ0v) is 9.72. The van der Waals surface area contributed by atoms with E-state index < -0.39 is 0 Å². The van der Waals surface area contributed by atoms with E-state index in [1.807, 2.05) is 18.9 Å². The van der Waals surface area contributed by atoms with E-state index in [-0.39, 0.29) is 17.7 Å². The second-order valence-electron chi connectivity index (χ2n) is 4.10. The minimum absolute atomic E-state index is 0.0602. The molecule has 1 aromatic rings. The number of likely N-dealkylation sites (tertiary alicyclic amines) is 1. The molecule has 1 heterocycles. The summed E-state index contributed by atoms with van der Waals surface area (Å²) in [5, 5.41) is 26.6. The SMILES string of the molecule is CN1CCC[C@H]1O.Cc1ccc(O)c(O)c1. The van der Waals surface area contributed by atoms with Crippen LogP contribution in [0.4, 0.5) is 0 Å². The number of nitrogens with zero attached hydrogens (tertiary/aromatic N) is 1. The van der Waals surface area contributed by atoms with Gasteiger partial charge >= 0.3 is 0 Å². The number of phenols is 2. The van der Waals surface area contributed by atoms with Crippen molar-refractivity contribution in [3.8, 4) is 11.5 Å². The standard InChI is InChI=1S/C7H8O2.C5H11NO/c1-5-2-3-6(8)7(9)4-5;1-6-4-2-3-5(6)7/h2-4,8-9H,1H3;5,7H,2-4H2,1H3/t;5-/m.1/s1. The van der Waals surface area contributed by atoms with Gasteiger partial charge in [0.15, 0.2) is 11.5 Å². The van der Waals surface area contributed by atoms with E-state index in [4.69, 9.17) is 15.3 Å². The first-order chi connectivity index (χ1) is 7.50. The maximum absolute atomic E-state index is 8.92. The van der Waals surface area contributed by atoms with Crippen molar-refractivity contribution in [2.45, 2.75) is 26.0 Å². The van der Waals surface area contributed by atoms with Crippen molar-refractivity contribution >= 4 is 0 Å². The van der Waals surface area contributed by atoms with E-state index in [0.29, 0.717) is 0 Å². The van der Waals surface area contributed by atoms with Gasteiger partial charge in [0.2, 0.25) is 0 Å². The molecule has 1 aliphatic rings. The van der Waals surface area contributed by atoms with Crippen LogP contribution in [0.25, 0.3) is 0 Å². The number of hydrogen-bond acceptors (Lipinski definition) is 4. The van der Waals surface area contributed by atoms with Gasteiger partial charge in [0, 0.05) is 6.54 Å². The number of benzene rings is 1. The molecule has 1 saturated heterocycles. The van der Waals surface area contributed by atoms with Crippen molar-refractivity contribution in [3.05, 3.63) is 23.8 Å². The molecule has 0 radical (unpaired) electrons. The van der Waals surface area contributed by atoms with Crippen LogP contribution in [0.15, 0.2) is 18.2 Å². The molecule has 1 aromatic carbocycles. The van der Waals surface area contributed by atoms with Crippen molar-refractivity contribution in [1.29, 1.82) is 0 Å². The maximum Gasteiger partial charge on any atom is 0.157 e. The van der Waals surface area contributed by atoms with Crippen LogP contribution in [0.5, 0.6) is 11.5 Å². The van der Waals surface area contributed by atoms with Crippen molar-refractivity contribution in [2.24, 2.45) is 0 Å². The predicted octanol–water partition coefficient (Wildman–Crippen LogP) is 1.44. The minimum atomic E-state index is -0.153. The van der Waals surface area contributed by atoms with Crippen LogP contribution in [-0.4, -0.2) is 40.0 Å². The summed E-state index contributed by atoms with van der Waals surface area (Å²) in [6, 6.07) is 4.70. The molecule has 2 rings (SSSR count). The molecule has 1 fully saturated rings. The molecule has 0 aliphatic carbocycles. The topological polar surface area (TPSA) is 63.9 Å². The fourth-order valence-electron chi connectivity index (χ4n) is 1.53. The van der Waals surface area contributed by atoms with E-state index in [9.17, 15) is 0 Å². The van der Waals surface area contributed by atoms with Crippen LogP contribution >= 0.6 is 0 Å². The van der Waals surface area contributed by atoms with Crippen LogP contribution in [0.1, 0.15) is 18.4 Å². The molecule has 0 bridgehead atoms. The fourth-order valence-corrected chi connectivity index (χ4v) is 1.53. The van der Waals surface area contributed by atoms with Crippen LogP contribution in [0.3, 0.4) is 0 Å². The number of rotatable bonds is 0. The molecule has 0 amide bonds. The van der Waals surface area contributed by atoms with E-state index >= 15 is 0 Å². The third-order valence-corrected chi connectivity index (χ3v) is 2.61. The highest BCUT2D eigenvalue weighted by atomic mass is 16.3. The van der Waals surface area contributed by atoms with Gasteiger partial charge in [-0.05, 0) is 44.5 Å². The van der Waals surface area contributed by atoms with Crippen LogP contribution in [0, 0.1) is 6.92 Å². The summed E-state index contributed by atoms with van der Waals surface area (Å²) >= 11 is 0. The summed E-state index contributed by atoms with van der Waals surface area (Å²) < 4.78 is 0. The summed E-state index contributed by atoms with van der Waals surface area (Å²) in [6.07, 6.45) is 1.95. The molecule has 0 aromatic heterocycles. The number of phenolic OH excluding ortho intramolecular Hbond substituents is 2. The third kappa shape index (κ3) is 3.72. The van der Waals surface area contributed by atoms with E-state index in [1.165, 1.54) is 12.1 Å². The Morgan fingerprint density at radius 2 is 1.94 bits per heavy atom. The Kier molecular flexibility index (Phi) is 4.58. The van der Waals surface area contributed by atoms with E-state index in [1.54, 1.807) is 6.07 Å². The second kappa shape index (κ2) is 5.72. The zero-order valence-electron chi connectivity index (χ0n) is 9.72. The fraction of sp³-hybridized carbons (Fsp3) is 0.500. The summed E-state index contributed by atoms with van der Waals surface area (Å²) in [5.41, 5.74) is 0.935. The molecule has 4 heteroatoms. The molecule has 0 spiro atoms. The van der Waals surface area contributed by atoms with Gasteiger partial charge in [-0.2, -0.15) is 0 Å². The first kappa shape index (κ1) is 12.8. The Hall–Kier alpha value is -1.26. The Morgan fingerprint density at radius 1 is 1.25 bits per heavy atom. The molecule has 1 aliphatic heterocycles. The van der Waals surface area contributed by atoms with Crippen LogP contribution < -0.4 is 0 Å². The van der Waals surface area contributed by atoms with Crippen LogP contribution in [-0.2, 0) is 0 Å². The maximum atomic E-state index is 8.92. The molecule has 0 unspecified atom stereocenters. The highest BCUT2D eigenvalue weighted by Crippen LogP contribution is 2.23. The van der Waals surface area contributed by atoms with Gasteiger partial charge in [-0.3, -0.25) is 4.90 Å². The molecule has 1 atom stereocenters. The van der Waals surface area contributed by atoms with Gasteiger partial charge in [0.1, 0.15) is 6.23 Å². The average Bonchev–Trinajstić information content (AvgIpc) is 2.59. The summed E-state index contributed by atoms with van der Waals surface area (Å²) in [4.78, 5) is 1.96. The Balaban J connectivity index is 0.000000165. The minimum Gasteiger partial charge on any atom is -0.504 e. The summed E-state index contributed by atoms with van der Waals surface area (Å²) in [6.45, 7) is 2.90. The molecule has 16 heavy (non-hydrogen) atoms. The van der Waals surface area contributed by atoms with Crippen molar-refractivity contribution < 1.29 is 15.3 Å². The summed E-state index contributed by atoms with van der Waals surface area (Å²) in [5.74, 6) is -0.129. The smallest absolute Gasteiger partial charge is 0.157 e. The zero-order chi connectivity index (χ0) is 12.1. The average molecular weight is 225 g/mol. The van der Waals surface area contributed by atoms with Gasteiger partial charge in [-0.25, -0.2) is 0 Å². The first-order valence-electron chi connectivity index (χ1n) is 5.37. The Morgan fingerprint density at radius 3 is 2.25 bits per heavy atom. The first-order valence-corrected chi connectivity index (χ1v) is 5.37. The third-order valence-electron chi connectivity index (χ3n) is 2.61. The van der Waals surface area contributed by atoms with Crippen molar-refractivity contribution in [3.63, 3.8) is 0 Å². The lowest BCUT2D eigenvalue weighted by molar-refractivity contribution is 0.0574. The van der Waals surface area contributed by atoms with E-state index in [0.717, 1.165) is 24.9 Å². The highest BCUT2D eigenvalue weighted by Gasteiger charge is 2.16. The Bertz CT molecular complexity index is 333. The van der Waals surface area contributed by atoms with Gasteiger partial charge in [-0.15, -0.1) is 0 Å². The Labute approximate surface area is 95.8 Å². The lowest BCUT2D eigenvalue weighted by Gasteiger charge is -2.10. The number of hydrogen-bond donors (Lipinski definition) is 3. The molecule has 3 N–H and O–H groups in total. The summed E-state index contributed by atoms with van der Waals surface area (Å²) in [7, 11) is 1.94. The highest BCUT2D eigenvalue weighted by molar-refractivity contribution is 5.39. The lowest BCUT2D eigenvalue weighted by Crippen LogP contribution is -2.23. The molecular formula is C12H19NO3. The molecular weight excluding hydrogens is 206 g/mol. The van der Waals surface area contributed by atoms with Crippen LogP contribution in [0.2, 0.25) is 0 Å². The van der Waals surface area contributed by atoms with Gasteiger partial charge in [0.05, 0.1) is 0 Å². The lowest BCUT2D eigenvalue weighted by atomic mass is 10.2. The number of aliphatic hydroxyl groups excluding tert-OH is 1. The van der Waals surface area contributed by atoms with Gasteiger partial charge in [-0.1, -0.05) is 6.07 Å². The molecule has 0 saturated carbocycles. The number of aryl methyl sites for hydroxylation is 1. The monoisotopic (exact) mass is 225 g/mol. The number of aromatic hydroxyl groups is 2. The normalized spacial score (nSPS) is 20.3. The van der Waals surface area contributed by atoms with Crippen molar-refractivity contribution in [2.75, 3.05) is 13.6 Å². The largest absolute Gasteiger partial charge is 0.504 e.